The van der Waals surface area contributed by atoms with Crippen LogP contribution in [0.3, 0.4) is 0 Å². The molecule has 2 rings (SSSR count). The molecule has 0 aromatic heterocycles. The summed E-state index contributed by atoms with van der Waals surface area (Å²) in [6, 6.07) is 3.41. The molecule has 1 aromatic carbocycles. The van der Waals surface area contributed by atoms with Crippen LogP contribution in [0, 0.1) is 0 Å². The van der Waals surface area contributed by atoms with E-state index in [1.165, 1.54) is 0 Å². The number of hydrogen-bond acceptors (Lipinski definition) is 3. The summed E-state index contributed by atoms with van der Waals surface area (Å²) in [5.74, 6) is -0.0500. The zero-order valence-corrected chi connectivity index (χ0v) is 10.5. The summed E-state index contributed by atoms with van der Waals surface area (Å²) in [5, 5.41) is 8.76. The normalized spacial score (nSPS) is 18.7. The van der Waals surface area contributed by atoms with Crippen LogP contribution in [0.1, 0.15) is 0 Å². The van der Waals surface area contributed by atoms with E-state index in [9.17, 15) is 4.79 Å². The monoisotopic (exact) mass is 336 g/mol. The van der Waals surface area contributed by atoms with Crippen molar-refractivity contribution in [1.29, 1.82) is 0 Å². The lowest BCUT2D eigenvalue weighted by Crippen LogP contribution is -2.36. The van der Waals surface area contributed by atoms with Crippen molar-refractivity contribution >= 4 is 37.8 Å². The molecule has 1 unspecified atom stereocenters. The minimum Gasteiger partial charge on any atom is -0.485 e. The van der Waals surface area contributed by atoms with E-state index in [4.69, 9.17) is 14.6 Å². The van der Waals surface area contributed by atoms with Gasteiger partial charge in [-0.2, -0.15) is 0 Å². The topological polar surface area (TPSA) is 55.8 Å². The van der Waals surface area contributed by atoms with Crippen LogP contribution in [-0.4, -0.2) is 23.8 Å². The molecule has 6 heteroatoms. The van der Waals surface area contributed by atoms with E-state index >= 15 is 0 Å². The molecule has 0 saturated heterocycles. The van der Waals surface area contributed by atoms with Gasteiger partial charge in [0.05, 0.1) is 0 Å². The predicted molar refractivity (Wildman–Crippen MR) is 59.4 cm³/mol. The van der Waals surface area contributed by atoms with Crippen molar-refractivity contribution in [3.05, 3.63) is 21.1 Å². The van der Waals surface area contributed by atoms with Gasteiger partial charge >= 0.3 is 5.97 Å². The highest BCUT2D eigenvalue weighted by Crippen LogP contribution is 2.38. The zero-order chi connectivity index (χ0) is 11.0. The third-order valence-corrected chi connectivity index (χ3v) is 3.77. The maximum Gasteiger partial charge on any atom is 0.348 e. The fraction of sp³-hybridized carbons (Fsp3) is 0.222. The predicted octanol–water partition coefficient (Wildman–Crippen LogP) is 2.44. The molecule has 15 heavy (non-hydrogen) atoms. The molecule has 0 amide bonds. The van der Waals surface area contributed by atoms with E-state index in [1.807, 2.05) is 0 Å². The Labute approximate surface area is 102 Å². The standard InChI is InChI=1S/C9H6Br2O4/c10-4-1-6-7(2-5(4)11)15-8(3-14-6)9(12)13/h1-2,8H,3H2,(H,12,13). The van der Waals surface area contributed by atoms with Gasteiger partial charge in [0.15, 0.2) is 11.5 Å². The van der Waals surface area contributed by atoms with Crippen LogP contribution in [0.5, 0.6) is 11.5 Å². The highest BCUT2D eigenvalue weighted by atomic mass is 79.9. The second-order valence-electron chi connectivity index (χ2n) is 2.97. The average molecular weight is 338 g/mol. The van der Waals surface area contributed by atoms with Crippen LogP contribution in [0.25, 0.3) is 0 Å². The molecular formula is C9H6Br2O4. The molecular weight excluding hydrogens is 332 g/mol. The van der Waals surface area contributed by atoms with E-state index in [-0.39, 0.29) is 6.61 Å². The summed E-state index contributed by atoms with van der Waals surface area (Å²) in [5.41, 5.74) is 0. The first kappa shape index (κ1) is 10.8. The highest BCUT2D eigenvalue weighted by Gasteiger charge is 2.27. The minimum absolute atomic E-state index is 0.0242. The van der Waals surface area contributed by atoms with E-state index < -0.39 is 12.1 Å². The van der Waals surface area contributed by atoms with E-state index in [0.29, 0.717) is 11.5 Å². The van der Waals surface area contributed by atoms with Gasteiger partial charge in [-0.05, 0) is 44.0 Å². The number of aliphatic carboxylic acids is 1. The molecule has 0 aliphatic carbocycles. The van der Waals surface area contributed by atoms with Gasteiger partial charge in [0, 0.05) is 8.95 Å². The van der Waals surface area contributed by atoms with Crippen LogP contribution in [0.4, 0.5) is 0 Å². The summed E-state index contributed by atoms with van der Waals surface area (Å²) in [6.07, 6.45) is -0.939. The first-order chi connectivity index (χ1) is 7.08. The smallest absolute Gasteiger partial charge is 0.348 e. The number of ether oxygens (including phenoxy) is 2. The lowest BCUT2D eigenvalue weighted by molar-refractivity contribution is -0.147. The molecule has 80 valence electrons. The minimum atomic E-state index is -1.03. The van der Waals surface area contributed by atoms with Crippen LogP contribution in [0.2, 0.25) is 0 Å². The lowest BCUT2D eigenvalue weighted by Gasteiger charge is -2.24. The Morgan fingerprint density at radius 3 is 2.53 bits per heavy atom. The molecule has 1 heterocycles. The lowest BCUT2D eigenvalue weighted by atomic mass is 10.2. The number of carboxylic acids is 1. The number of carboxylic acid groups (broad SMARTS) is 1. The molecule has 0 saturated carbocycles. The van der Waals surface area contributed by atoms with Gasteiger partial charge < -0.3 is 14.6 Å². The Balaban J connectivity index is 2.34. The first-order valence-electron chi connectivity index (χ1n) is 4.09. The van der Waals surface area contributed by atoms with Gasteiger partial charge in [0.25, 0.3) is 0 Å². The van der Waals surface area contributed by atoms with Crippen molar-refractivity contribution in [2.45, 2.75) is 6.10 Å². The van der Waals surface area contributed by atoms with Crippen molar-refractivity contribution in [2.24, 2.45) is 0 Å². The van der Waals surface area contributed by atoms with Crippen molar-refractivity contribution in [2.75, 3.05) is 6.61 Å². The number of hydrogen-bond donors (Lipinski definition) is 1. The third-order valence-electron chi connectivity index (χ3n) is 1.92. The van der Waals surface area contributed by atoms with Gasteiger partial charge in [-0.15, -0.1) is 0 Å². The van der Waals surface area contributed by atoms with E-state index in [2.05, 4.69) is 31.9 Å². The summed E-state index contributed by atoms with van der Waals surface area (Å²) in [6.45, 7) is 0.0242. The van der Waals surface area contributed by atoms with Crippen LogP contribution in [-0.2, 0) is 4.79 Å². The Morgan fingerprint density at radius 2 is 1.93 bits per heavy atom. The zero-order valence-electron chi connectivity index (χ0n) is 7.37. The Hall–Kier alpha value is -0.750. The summed E-state index contributed by atoms with van der Waals surface area (Å²) < 4.78 is 12.2. The van der Waals surface area contributed by atoms with E-state index in [0.717, 1.165) is 8.95 Å². The van der Waals surface area contributed by atoms with Gasteiger partial charge in [0.1, 0.15) is 6.61 Å². The van der Waals surface area contributed by atoms with Crippen molar-refractivity contribution in [3.63, 3.8) is 0 Å². The largest absolute Gasteiger partial charge is 0.485 e. The van der Waals surface area contributed by atoms with Gasteiger partial charge in [-0.1, -0.05) is 0 Å². The Kier molecular flexibility index (Phi) is 2.88. The van der Waals surface area contributed by atoms with Crippen molar-refractivity contribution in [3.8, 4) is 11.5 Å². The fourth-order valence-corrected chi connectivity index (χ4v) is 1.83. The number of halogens is 2. The molecule has 0 fully saturated rings. The average Bonchev–Trinajstić information content (AvgIpc) is 2.19. The summed E-state index contributed by atoms with van der Waals surface area (Å²) in [4.78, 5) is 10.7. The van der Waals surface area contributed by atoms with Gasteiger partial charge in [-0.25, -0.2) is 4.79 Å². The summed E-state index contributed by atoms with van der Waals surface area (Å²) >= 11 is 6.62. The maximum absolute atomic E-state index is 10.7. The molecule has 1 N–H and O–H groups in total. The van der Waals surface area contributed by atoms with Gasteiger partial charge in [0.2, 0.25) is 6.10 Å². The van der Waals surface area contributed by atoms with Crippen LogP contribution < -0.4 is 9.47 Å². The second kappa shape index (κ2) is 4.02. The first-order valence-corrected chi connectivity index (χ1v) is 5.68. The molecule has 1 aliphatic rings. The van der Waals surface area contributed by atoms with Crippen molar-refractivity contribution in [1.82, 2.24) is 0 Å². The number of benzene rings is 1. The molecule has 1 atom stereocenters. The molecule has 0 radical (unpaired) electrons. The second-order valence-corrected chi connectivity index (χ2v) is 4.68. The molecule has 0 bridgehead atoms. The van der Waals surface area contributed by atoms with Gasteiger partial charge in [-0.3, -0.25) is 0 Å². The van der Waals surface area contributed by atoms with Crippen molar-refractivity contribution < 1.29 is 19.4 Å². The maximum atomic E-state index is 10.7. The molecule has 1 aliphatic heterocycles. The quantitative estimate of drug-likeness (QED) is 0.855. The number of carbonyl (C=O) groups is 1. The summed E-state index contributed by atoms with van der Waals surface area (Å²) in [7, 11) is 0. The third kappa shape index (κ3) is 2.10. The Bertz CT molecular complexity index is 419. The molecule has 0 spiro atoms. The SMILES string of the molecule is O=C(O)C1COc2cc(Br)c(Br)cc2O1. The van der Waals surface area contributed by atoms with Crippen LogP contribution >= 0.6 is 31.9 Å². The van der Waals surface area contributed by atoms with Crippen LogP contribution in [0.15, 0.2) is 21.1 Å². The molecule has 1 aromatic rings. The Morgan fingerprint density at radius 1 is 1.33 bits per heavy atom. The fourth-order valence-electron chi connectivity index (χ4n) is 1.19. The highest BCUT2D eigenvalue weighted by molar-refractivity contribution is 9.13. The number of rotatable bonds is 1. The number of fused-ring (bicyclic) bond motifs is 1. The molecule has 4 nitrogen and oxygen atoms in total. The van der Waals surface area contributed by atoms with E-state index in [1.54, 1.807) is 12.1 Å².